The molecule has 3 N–H and O–H groups in total. The van der Waals surface area contributed by atoms with Crippen molar-refractivity contribution in [1.82, 2.24) is 9.88 Å². The first-order valence-corrected chi connectivity index (χ1v) is 8.23. The number of carbonyl (C=O) groups is 1. The molecule has 1 fully saturated rings. The molecule has 0 saturated heterocycles. The van der Waals surface area contributed by atoms with Crippen LogP contribution in [0.15, 0.2) is 6.07 Å². The second kappa shape index (κ2) is 7.12. The number of rotatable bonds is 5. The molecule has 1 heterocycles. The number of aryl methyl sites for hydroxylation is 1. The van der Waals surface area contributed by atoms with Crippen molar-refractivity contribution in [3.05, 3.63) is 23.0 Å². The van der Waals surface area contributed by atoms with Crippen molar-refractivity contribution in [3.63, 3.8) is 0 Å². The Bertz CT molecular complexity index is 484. The van der Waals surface area contributed by atoms with Gasteiger partial charge >= 0.3 is 0 Å². The molecule has 1 aromatic heterocycles. The minimum atomic E-state index is 0.0332. The van der Waals surface area contributed by atoms with E-state index in [2.05, 4.69) is 23.7 Å². The molecule has 0 bridgehead atoms. The van der Waals surface area contributed by atoms with Crippen LogP contribution in [0.2, 0.25) is 0 Å². The third kappa shape index (κ3) is 3.88. The molecule has 0 aromatic carbocycles. The number of hydrogen-bond acceptors (Lipinski definition) is 2. The van der Waals surface area contributed by atoms with Gasteiger partial charge in [0.25, 0.3) is 5.91 Å². The Labute approximate surface area is 128 Å². The summed E-state index contributed by atoms with van der Waals surface area (Å²) < 4.78 is 2.37. The molecule has 4 heteroatoms. The van der Waals surface area contributed by atoms with Gasteiger partial charge in [0.05, 0.1) is 5.56 Å². The maximum atomic E-state index is 12.3. The molecule has 0 radical (unpaired) electrons. The Hall–Kier alpha value is -1.29. The van der Waals surface area contributed by atoms with Gasteiger partial charge in [-0.15, -0.1) is 0 Å². The Morgan fingerprint density at radius 2 is 2.05 bits per heavy atom. The van der Waals surface area contributed by atoms with Gasteiger partial charge in [-0.25, -0.2) is 0 Å². The highest BCUT2D eigenvalue weighted by atomic mass is 16.1. The molecule has 118 valence electrons. The number of amides is 1. The number of aromatic nitrogens is 1. The van der Waals surface area contributed by atoms with Crippen LogP contribution in [-0.4, -0.2) is 23.1 Å². The Morgan fingerprint density at radius 3 is 2.67 bits per heavy atom. The van der Waals surface area contributed by atoms with E-state index in [1.807, 2.05) is 13.0 Å². The summed E-state index contributed by atoms with van der Waals surface area (Å²) in [5.41, 5.74) is 8.85. The van der Waals surface area contributed by atoms with Gasteiger partial charge in [0, 0.05) is 30.0 Å². The zero-order valence-electron chi connectivity index (χ0n) is 13.6. The van der Waals surface area contributed by atoms with Gasteiger partial charge in [-0.2, -0.15) is 0 Å². The highest BCUT2D eigenvalue weighted by molar-refractivity contribution is 5.95. The number of carbonyl (C=O) groups excluding carboxylic acids is 1. The van der Waals surface area contributed by atoms with E-state index >= 15 is 0 Å². The lowest BCUT2D eigenvalue weighted by molar-refractivity contribution is 0.0952. The molecule has 0 aliphatic heterocycles. The van der Waals surface area contributed by atoms with Crippen LogP contribution >= 0.6 is 0 Å². The smallest absolute Gasteiger partial charge is 0.253 e. The topological polar surface area (TPSA) is 60.1 Å². The second-order valence-electron chi connectivity index (χ2n) is 6.47. The molecule has 1 aromatic rings. The quantitative estimate of drug-likeness (QED) is 0.876. The first kappa shape index (κ1) is 16.1. The van der Waals surface area contributed by atoms with Crippen molar-refractivity contribution >= 4 is 5.91 Å². The zero-order chi connectivity index (χ0) is 15.4. The Kier molecular flexibility index (Phi) is 5.45. The fourth-order valence-electron chi connectivity index (χ4n) is 3.42. The van der Waals surface area contributed by atoms with Crippen LogP contribution in [0, 0.1) is 13.8 Å². The molecule has 1 amide bonds. The fraction of sp³-hybridized carbons (Fsp3) is 0.706. The van der Waals surface area contributed by atoms with Crippen molar-refractivity contribution in [2.75, 3.05) is 6.54 Å². The van der Waals surface area contributed by atoms with Crippen LogP contribution in [0.5, 0.6) is 0 Å². The van der Waals surface area contributed by atoms with Crippen LogP contribution in [0.25, 0.3) is 0 Å². The molecule has 21 heavy (non-hydrogen) atoms. The number of nitrogens with two attached hydrogens (primary N) is 1. The summed E-state index contributed by atoms with van der Waals surface area (Å²) in [5.74, 6) is 0.0332. The summed E-state index contributed by atoms with van der Waals surface area (Å²) in [6.07, 6.45) is 7.24. The van der Waals surface area contributed by atoms with Gasteiger partial charge in [0.15, 0.2) is 0 Å². The summed E-state index contributed by atoms with van der Waals surface area (Å²) in [5, 5.41) is 2.98. The highest BCUT2D eigenvalue weighted by Gasteiger charge is 2.22. The molecular weight excluding hydrogens is 262 g/mol. The Balaban J connectivity index is 2.08. The fourth-order valence-corrected chi connectivity index (χ4v) is 3.42. The van der Waals surface area contributed by atoms with E-state index in [0.29, 0.717) is 12.6 Å². The van der Waals surface area contributed by atoms with Gasteiger partial charge in [0.2, 0.25) is 0 Å². The molecule has 4 nitrogen and oxygen atoms in total. The molecule has 0 spiro atoms. The van der Waals surface area contributed by atoms with Gasteiger partial charge in [0.1, 0.15) is 0 Å². The van der Waals surface area contributed by atoms with Crippen LogP contribution in [0.3, 0.4) is 0 Å². The maximum absolute atomic E-state index is 12.3. The summed E-state index contributed by atoms with van der Waals surface area (Å²) >= 11 is 0. The molecule has 1 aliphatic rings. The first-order valence-electron chi connectivity index (χ1n) is 8.23. The predicted molar refractivity (Wildman–Crippen MR) is 86.6 cm³/mol. The standard InChI is InChI=1S/C17H29N3O/c1-12(18)9-10-19-17(21)16-11-13(2)20(14(16)3)15-7-5-4-6-8-15/h11-12,15H,4-10,18H2,1-3H3,(H,19,21). The third-order valence-corrected chi connectivity index (χ3v) is 4.55. The lowest BCUT2D eigenvalue weighted by atomic mass is 9.95. The van der Waals surface area contributed by atoms with Crippen molar-refractivity contribution in [2.45, 2.75) is 71.4 Å². The van der Waals surface area contributed by atoms with E-state index in [4.69, 9.17) is 5.73 Å². The second-order valence-corrected chi connectivity index (χ2v) is 6.47. The van der Waals surface area contributed by atoms with Gasteiger partial charge in [-0.05, 0) is 46.1 Å². The third-order valence-electron chi connectivity index (χ3n) is 4.55. The first-order chi connectivity index (χ1) is 10.0. The summed E-state index contributed by atoms with van der Waals surface area (Å²) in [4.78, 5) is 12.3. The summed E-state index contributed by atoms with van der Waals surface area (Å²) in [6, 6.07) is 2.73. The molecule has 1 atom stereocenters. The van der Waals surface area contributed by atoms with E-state index in [-0.39, 0.29) is 11.9 Å². The molecule has 1 saturated carbocycles. The minimum absolute atomic E-state index is 0.0332. The minimum Gasteiger partial charge on any atom is -0.352 e. The van der Waals surface area contributed by atoms with E-state index in [9.17, 15) is 4.79 Å². The van der Waals surface area contributed by atoms with E-state index in [0.717, 1.165) is 17.7 Å². The average Bonchev–Trinajstić information content (AvgIpc) is 2.74. The number of nitrogens with zero attached hydrogens (tertiary/aromatic N) is 1. The van der Waals surface area contributed by atoms with Crippen molar-refractivity contribution < 1.29 is 4.79 Å². The van der Waals surface area contributed by atoms with E-state index in [1.54, 1.807) is 0 Å². The van der Waals surface area contributed by atoms with Gasteiger partial charge in [-0.3, -0.25) is 4.79 Å². The van der Waals surface area contributed by atoms with Crippen molar-refractivity contribution in [1.29, 1.82) is 0 Å². The number of hydrogen-bond donors (Lipinski definition) is 2. The average molecular weight is 291 g/mol. The molecule has 1 aliphatic carbocycles. The predicted octanol–water partition coefficient (Wildman–Crippen LogP) is 3.08. The normalized spacial score (nSPS) is 17.7. The van der Waals surface area contributed by atoms with Crippen LogP contribution in [0.4, 0.5) is 0 Å². The lowest BCUT2D eigenvalue weighted by Gasteiger charge is -2.26. The van der Waals surface area contributed by atoms with E-state index in [1.165, 1.54) is 37.8 Å². The monoisotopic (exact) mass is 291 g/mol. The van der Waals surface area contributed by atoms with Crippen molar-refractivity contribution in [3.8, 4) is 0 Å². The van der Waals surface area contributed by atoms with Crippen molar-refractivity contribution in [2.24, 2.45) is 5.73 Å². The zero-order valence-corrected chi connectivity index (χ0v) is 13.6. The summed E-state index contributed by atoms with van der Waals surface area (Å²) in [7, 11) is 0. The van der Waals surface area contributed by atoms with Crippen LogP contribution in [-0.2, 0) is 0 Å². The SMILES string of the molecule is Cc1cc(C(=O)NCCC(C)N)c(C)n1C1CCCCC1. The molecule has 1 unspecified atom stereocenters. The lowest BCUT2D eigenvalue weighted by Crippen LogP contribution is -2.29. The van der Waals surface area contributed by atoms with E-state index < -0.39 is 0 Å². The highest BCUT2D eigenvalue weighted by Crippen LogP contribution is 2.32. The van der Waals surface area contributed by atoms with Crippen LogP contribution < -0.4 is 11.1 Å². The van der Waals surface area contributed by atoms with Gasteiger partial charge in [-0.1, -0.05) is 19.3 Å². The largest absolute Gasteiger partial charge is 0.352 e. The Morgan fingerprint density at radius 1 is 1.38 bits per heavy atom. The summed E-state index contributed by atoms with van der Waals surface area (Å²) in [6.45, 7) is 6.78. The van der Waals surface area contributed by atoms with Gasteiger partial charge < -0.3 is 15.6 Å². The maximum Gasteiger partial charge on any atom is 0.253 e. The number of nitrogens with one attached hydrogen (secondary N) is 1. The molecule has 2 rings (SSSR count). The molecular formula is C17H29N3O. The van der Waals surface area contributed by atoms with Crippen LogP contribution in [0.1, 0.15) is 73.2 Å².